The molecule has 4 aliphatic rings. The van der Waals surface area contributed by atoms with E-state index in [-0.39, 0.29) is 6.04 Å². The van der Waals surface area contributed by atoms with Gasteiger partial charge in [-0.3, -0.25) is 0 Å². The van der Waals surface area contributed by atoms with Crippen LogP contribution in [0.4, 0.5) is 10.8 Å². The number of aromatic nitrogens is 5. The summed E-state index contributed by atoms with van der Waals surface area (Å²) in [6.07, 6.45) is 9.22. The van der Waals surface area contributed by atoms with Crippen LogP contribution in [0.2, 0.25) is 0 Å². The molecule has 0 amide bonds. The summed E-state index contributed by atoms with van der Waals surface area (Å²) in [7, 11) is 2.18. The van der Waals surface area contributed by atoms with Gasteiger partial charge in [-0.15, -0.1) is 11.3 Å². The molecule has 1 spiro atoms. The fourth-order valence-electron chi connectivity index (χ4n) is 8.50. The molecule has 0 radical (unpaired) electrons. The second-order valence-electron chi connectivity index (χ2n) is 13.8. The number of anilines is 2. The lowest BCUT2D eigenvalue weighted by molar-refractivity contribution is 0.0422. The predicted molar refractivity (Wildman–Crippen MR) is 169 cm³/mol. The van der Waals surface area contributed by atoms with Gasteiger partial charge in [-0.05, 0) is 91.3 Å². The van der Waals surface area contributed by atoms with Crippen molar-refractivity contribution in [1.29, 1.82) is 5.26 Å². The van der Waals surface area contributed by atoms with Crippen molar-refractivity contribution in [1.82, 2.24) is 29.8 Å². The average molecular weight is 614 g/mol. The zero-order chi connectivity index (χ0) is 30.5. The molecule has 2 aliphatic carbocycles. The third-order valence-electron chi connectivity index (χ3n) is 11.1. The van der Waals surface area contributed by atoms with Crippen molar-refractivity contribution < 1.29 is 9.63 Å². The number of nitriles is 1. The van der Waals surface area contributed by atoms with E-state index in [0.717, 1.165) is 85.2 Å². The van der Waals surface area contributed by atoms with E-state index in [1.54, 1.807) is 11.3 Å². The highest BCUT2D eigenvalue weighted by Crippen LogP contribution is 2.55. The zero-order valence-corrected chi connectivity index (χ0v) is 26.6. The van der Waals surface area contributed by atoms with Crippen LogP contribution in [0.5, 0.6) is 0 Å². The molecule has 8 rings (SSSR count). The molecule has 4 unspecified atom stereocenters. The van der Waals surface area contributed by atoms with Crippen LogP contribution in [0.25, 0.3) is 22.6 Å². The summed E-state index contributed by atoms with van der Waals surface area (Å²) in [6, 6.07) is 2.90. The lowest BCUT2D eigenvalue weighted by Crippen LogP contribution is -2.68. The Morgan fingerprint density at radius 2 is 2.00 bits per heavy atom. The van der Waals surface area contributed by atoms with Crippen LogP contribution in [0.15, 0.2) is 10.7 Å². The van der Waals surface area contributed by atoms with Gasteiger partial charge in [0.15, 0.2) is 22.9 Å². The fourth-order valence-corrected chi connectivity index (χ4v) is 9.67. The molecular formula is C32H39N9O2S. The van der Waals surface area contributed by atoms with Gasteiger partial charge in [0, 0.05) is 23.0 Å². The molecular weight excluding hydrogens is 574 g/mol. The van der Waals surface area contributed by atoms with Gasteiger partial charge in [-0.2, -0.15) is 10.4 Å². The van der Waals surface area contributed by atoms with E-state index in [9.17, 15) is 10.4 Å². The van der Waals surface area contributed by atoms with Gasteiger partial charge in [0.1, 0.15) is 16.9 Å². The summed E-state index contributed by atoms with van der Waals surface area (Å²) >= 11 is 1.55. The summed E-state index contributed by atoms with van der Waals surface area (Å²) in [5.41, 5.74) is 9.59. The van der Waals surface area contributed by atoms with Crippen LogP contribution in [0, 0.1) is 11.3 Å². The zero-order valence-electron chi connectivity index (χ0n) is 25.8. The Kier molecular flexibility index (Phi) is 6.19. The van der Waals surface area contributed by atoms with E-state index in [4.69, 9.17) is 25.3 Å². The molecule has 230 valence electrons. The third kappa shape index (κ3) is 3.72. The Bertz CT molecular complexity index is 1830. The van der Waals surface area contributed by atoms with Gasteiger partial charge in [0.25, 0.3) is 0 Å². The maximum Gasteiger partial charge on any atom is 0.186 e. The van der Waals surface area contributed by atoms with Gasteiger partial charge in [-0.1, -0.05) is 5.16 Å². The molecule has 44 heavy (non-hydrogen) atoms. The highest BCUT2D eigenvalue weighted by Gasteiger charge is 2.50. The summed E-state index contributed by atoms with van der Waals surface area (Å²) in [5, 5.41) is 31.8. The van der Waals surface area contributed by atoms with Crippen molar-refractivity contribution >= 4 is 33.2 Å². The van der Waals surface area contributed by atoms with Crippen molar-refractivity contribution in [3.8, 4) is 17.6 Å². The predicted octanol–water partition coefficient (Wildman–Crippen LogP) is 4.57. The fraction of sp³-hybridized carbons (Fsp3) is 0.594. The number of fused-ring (bicyclic) bond motifs is 5. The van der Waals surface area contributed by atoms with E-state index >= 15 is 0 Å². The number of β-amino-alcohol motifs (C(OH)–C–C–N with tert-alkyl or cyclic N) is 1. The summed E-state index contributed by atoms with van der Waals surface area (Å²) < 4.78 is 8.36. The molecule has 4 aromatic heterocycles. The van der Waals surface area contributed by atoms with Gasteiger partial charge in [-0.25, -0.2) is 14.6 Å². The minimum absolute atomic E-state index is 0.120. The number of nitrogen functional groups attached to an aromatic ring is 1. The standard InChI is InChI=1S/C32H39N9O2S/c1-17(21-9-7-13-39(21)4)41-30-20(15-35-41)29(40-16-23(42)31(40,2)3)36-28(37-30)25-18-8-5-11-32(26(18)43-38-25)12-6-10-22-24(32)19(14-33)27(34)44-22/h15,17,21,23,42H,5-13,16,34H2,1-4H3. The van der Waals surface area contributed by atoms with Crippen molar-refractivity contribution in [3.63, 3.8) is 0 Å². The maximum absolute atomic E-state index is 10.7. The molecule has 11 nitrogen and oxygen atoms in total. The molecule has 12 heteroatoms. The lowest BCUT2D eigenvalue weighted by atomic mass is 9.63. The Morgan fingerprint density at radius 3 is 2.70 bits per heavy atom. The van der Waals surface area contributed by atoms with E-state index in [1.165, 1.54) is 11.3 Å². The number of hydrogen-bond donors (Lipinski definition) is 2. The van der Waals surface area contributed by atoms with Crippen LogP contribution in [-0.2, 0) is 18.3 Å². The normalized spacial score (nSPS) is 26.9. The van der Waals surface area contributed by atoms with Gasteiger partial charge in [0.2, 0.25) is 0 Å². The Hall–Kier alpha value is -3.53. The molecule has 2 fully saturated rings. The van der Waals surface area contributed by atoms with Crippen molar-refractivity contribution in [2.45, 2.75) is 101 Å². The molecule has 6 heterocycles. The maximum atomic E-state index is 10.7. The Labute approximate surface area is 260 Å². The first-order chi connectivity index (χ1) is 21.2. The second-order valence-corrected chi connectivity index (χ2v) is 14.9. The van der Waals surface area contributed by atoms with Gasteiger partial charge < -0.3 is 25.2 Å². The first-order valence-corrected chi connectivity index (χ1v) is 16.7. The third-order valence-corrected chi connectivity index (χ3v) is 12.2. The van der Waals surface area contributed by atoms with Crippen LogP contribution >= 0.6 is 11.3 Å². The van der Waals surface area contributed by atoms with Gasteiger partial charge >= 0.3 is 0 Å². The molecule has 2 aliphatic heterocycles. The van der Waals surface area contributed by atoms with Crippen molar-refractivity contribution in [3.05, 3.63) is 33.5 Å². The number of likely N-dealkylation sites (N-methyl/N-ethyl adjacent to an activating group) is 1. The van der Waals surface area contributed by atoms with Crippen molar-refractivity contribution in [2.75, 3.05) is 30.8 Å². The van der Waals surface area contributed by atoms with Gasteiger partial charge in [0.05, 0.1) is 40.2 Å². The number of thiophene rings is 1. The average Bonchev–Trinajstić information content (AvgIpc) is 3.80. The molecule has 3 N–H and O–H groups in total. The highest BCUT2D eigenvalue weighted by atomic mass is 32.1. The molecule has 0 bridgehead atoms. The number of rotatable bonds is 4. The largest absolute Gasteiger partial charge is 0.389 e. The minimum atomic E-state index is -0.476. The molecule has 4 aromatic rings. The smallest absolute Gasteiger partial charge is 0.186 e. The number of nitrogens with two attached hydrogens (primary N) is 1. The summed E-state index contributed by atoms with van der Waals surface area (Å²) in [5.74, 6) is 2.12. The SMILES string of the molecule is CC(C1CCCN1C)n1ncc2c(N3CC(O)C3(C)C)nc(-c3noc4c3CCCC43CCCc4sc(N)c(C#N)c43)nc21. The highest BCUT2D eigenvalue weighted by molar-refractivity contribution is 7.16. The Morgan fingerprint density at radius 1 is 1.20 bits per heavy atom. The number of aliphatic hydroxyl groups excluding tert-OH is 1. The first-order valence-electron chi connectivity index (χ1n) is 15.9. The lowest BCUT2D eigenvalue weighted by Gasteiger charge is -2.53. The van der Waals surface area contributed by atoms with Crippen molar-refractivity contribution in [2.24, 2.45) is 0 Å². The van der Waals surface area contributed by atoms with Crippen LogP contribution in [0.3, 0.4) is 0 Å². The van der Waals surface area contributed by atoms with E-state index in [0.29, 0.717) is 34.7 Å². The van der Waals surface area contributed by atoms with Crippen LogP contribution in [0.1, 0.15) is 92.7 Å². The van der Waals surface area contributed by atoms with Crippen LogP contribution in [-0.4, -0.2) is 72.7 Å². The number of aliphatic hydroxyl groups is 1. The van der Waals surface area contributed by atoms with Crippen LogP contribution < -0.4 is 10.6 Å². The second kappa shape index (κ2) is 9.73. The minimum Gasteiger partial charge on any atom is -0.389 e. The number of aryl methyl sites for hydroxylation is 1. The summed E-state index contributed by atoms with van der Waals surface area (Å²) in [4.78, 5) is 16.1. The molecule has 2 saturated heterocycles. The monoisotopic (exact) mass is 613 g/mol. The Balaban J connectivity index is 1.30. The van der Waals surface area contributed by atoms with E-state index < -0.39 is 17.1 Å². The number of nitrogens with zero attached hydrogens (tertiary/aromatic N) is 8. The number of likely N-dealkylation sites (tertiary alicyclic amines) is 1. The quantitative estimate of drug-likeness (QED) is 0.336. The molecule has 0 aromatic carbocycles. The topological polar surface area (TPSA) is 146 Å². The molecule has 0 saturated carbocycles. The number of hydrogen-bond acceptors (Lipinski definition) is 11. The first kappa shape index (κ1) is 28.0. The summed E-state index contributed by atoms with van der Waals surface area (Å²) in [6.45, 7) is 7.87. The van der Waals surface area contributed by atoms with E-state index in [2.05, 4.69) is 39.7 Å². The molecule has 4 atom stereocenters. The van der Waals surface area contributed by atoms with E-state index in [1.807, 2.05) is 20.0 Å².